The molecule has 6 nitrogen and oxygen atoms in total. The van der Waals surface area contributed by atoms with E-state index in [9.17, 15) is 22.8 Å². The van der Waals surface area contributed by atoms with Crippen molar-refractivity contribution in [1.29, 1.82) is 0 Å². The standard InChI is InChI=1S/C9H13F3N2O4/c1-8(6(15)16,9(10,11)12)14-7(17)13-5-2-3-18-4-5/h5H,2-4H2,1H3,(H,15,16)(H2,13,14,17). The lowest BCUT2D eigenvalue weighted by Crippen LogP contribution is -2.64. The number of halogens is 3. The molecule has 3 N–H and O–H groups in total. The molecule has 2 atom stereocenters. The van der Waals surface area contributed by atoms with Gasteiger partial charge in [0.15, 0.2) is 0 Å². The number of hydrogen-bond donors (Lipinski definition) is 3. The van der Waals surface area contributed by atoms with E-state index >= 15 is 0 Å². The number of carboxylic acids is 1. The van der Waals surface area contributed by atoms with Crippen molar-refractivity contribution in [1.82, 2.24) is 10.6 Å². The van der Waals surface area contributed by atoms with E-state index in [1.54, 1.807) is 0 Å². The van der Waals surface area contributed by atoms with Crippen LogP contribution in [0.3, 0.4) is 0 Å². The molecule has 0 aliphatic carbocycles. The zero-order valence-electron chi connectivity index (χ0n) is 9.50. The molecule has 1 rings (SSSR count). The first-order chi connectivity index (χ1) is 8.17. The molecule has 9 heteroatoms. The first-order valence-electron chi connectivity index (χ1n) is 5.13. The van der Waals surface area contributed by atoms with Gasteiger partial charge in [0.05, 0.1) is 12.6 Å². The van der Waals surface area contributed by atoms with E-state index in [1.165, 1.54) is 5.32 Å². The van der Waals surface area contributed by atoms with Crippen LogP contribution in [-0.4, -0.2) is 48.1 Å². The van der Waals surface area contributed by atoms with Crippen molar-refractivity contribution in [2.24, 2.45) is 0 Å². The predicted molar refractivity (Wildman–Crippen MR) is 53.0 cm³/mol. The van der Waals surface area contributed by atoms with Gasteiger partial charge in [0.25, 0.3) is 0 Å². The third-order valence-electron chi connectivity index (χ3n) is 2.62. The zero-order valence-corrected chi connectivity index (χ0v) is 9.50. The lowest BCUT2D eigenvalue weighted by atomic mass is 10.0. The molecule has 1 heterocycles. The molecule has 0 saturated carbocycles. The molecule has 1 aliphatic heterocycles. The van der Waals surface area contributed by atoms with E-state index in [2.05, 4.69) is 5.32 Å². The van der Waals surface area contributed by atoms with E-state index in [0.717, 1.165) is 0 Å². The van der Waals surface area contributed by atoms with Crippen LogP contribution in [-0.2, 0) is 9.53 Å². The average Bonchev–Trinajstić information content (AvgIpc) is 2.67. The maximum absolute atomic E-state index is 12.6. The molecule has 18 heavy (non-hydrogen) atoms. The minimum Gasteiger partial charge on any atom is -0.479 e. The number of aliphatic carboxylic acids is 1. The fraction of sp³-hybridized carbons (Fsp3) is 0.778. The highest BCUT2D eigenvalue weighted by Crippen LogP contribution is 2.30. The van der Waals surface area contributed by atoms with Gasteiger partial charge in [-0.1, -0.05) is 0 Å². The van der Waals surface area contributed by atoms with Crippen LogP contribution in [0, 0.1) is 0 Å². The number of alkyl halides is 3. The van der Waals surface area contributed by atoms with E-state index in [4.69, 9.17) is 9.84 Å². The summed E-state index contributed by atoms with van der Waals surface area (Å²) in [5.41, 5.74) is -3.32. The van der Waals surface area contributed by atoms with Crippen molar-refractivity contribution in [3.63, 3.8) is 0 Å². The Morgan fingerprint density at radius 1 is 1.39 bits per heavy atom. The van der Waals surface area contributed by atoms with Crippen LogP contribution in [0.25, 0.3) is 0 Å². The SMILES string of the molecule is CC(NC(=O)NC1CCOC1)(C(=O)O)C(F)(F)F. The Balaban J connectivity index is 2.66. The van der Waals surface area contributed by atoms with Gasteiger partial charge < -0.3 is 20.5 Å². The van der Waals surface area contributed by atoms with E-state index in [1.807, 2.05) is 0 Å². The van der Waals surface area contributed by atoms with Crippen molar-refractivity contribution in [2.45, 2.75) is 31.1 Å². The minimum absolute atomic E-state index is 0.198. The summed E-state index contributed by atoms with van der Waals surface area (Å²) in [6, 6.07) is -1.59. The van der Waals surface area contributed by atoms with Crippen molar-refractivity contribution in [3.05, 3.63) is 0 Å². The molecule has 0 radical (unpaired) electrons. The van der Waals surface area contributed by atoms with Crippen molar-refractivity contribution < 1.29 is 32.6 Å². The highest BCUT2D eigenvalue weighted by atomic mass is 19.4. The number of ether oxygens (including phenoxy) is 1. The molecule has 1 saturated heterocycles. The molecule has 2 unspecified atom stereocenters. The van der Waals surface area contributed by atoms with Gasteiger partial charge in [0, 0.05) is 6.61 Å². The van der Waals surface area contributed by atoms with Gasteiger partial charge in [-0.3, -0.25) is 0 Å². The van der Waals surface area contributed by atoms with Gasteiger partial charge in [-0.15, -0.1) is 0 Å². The Kier molecular flexibility index (Phi) is 4.05. The summed E-state index contributed by atoms with van der Waals surface area (Å²) in [6.45, 7) is 0.990. The second-order valence-electron chi connectivity index (χ2n) is 4.09. The lowest BCUT2D eigenvalue weighted by Gasteiger charge is -2.29. The van der Waals surface area contributed by atoms with Crippen LogP contribution < -0.4 is 10.6 Å². The summed E-state index contributed by atoms with van der Waals surface area (Å²) < 4.78 is 42.7. The zero-order chi connectivity index (χ0) is 14.0. The van der Waals surface area contributed by atoms with Crippen LogP contribution in [0.4, 0.5) is 18.0 Å². The maximum atomic E-state index is 12.6. The number of nitrogens with one attached hydrogen (secondary N) is 2. The van der Waals surface area contributed by atoms with E-state index in [0.29, 0.717) is 20.0 Å². The molecule has 1 fully saturated rings. The summed E-state index contributed by atoms with van der Waals surface area (Å²) in [6.07, 6.45) is -4.62. The first-order valence-corrected chi connectivity index (χ1v) is 5.13. The number of carbonyl (C=O) groups is 2. The van der Waals surface area contributed by atoms with Gasteiger partial charge in [0.2, 0.25) is 5.54 Å². The largest absolute Gasteiger partial charge is 0.479 e. The maximum Gasteiger partial charge on any atom is 0.422 e. The van der Waals surface area contributed by atoms with Crippen LogP contribution >= 0.6 is 0 Å². The topological polar surface area (TPSA) is 87.7 Å². The fourth-order valence-electron chi connectivity index (χ4n) is 1.34. The molecule has 0 spiro atoms. The minimum atomic E-state index is -5.09. The summed E-state index contributed by atoms with van der Waals surface area (Å²) in [5.74, 6) is -2.17. The molecule has 104 valence electrons. The summed E-state index contributed by atoms with van der Waals surface area (Å²) in [4.78, 5) is 22.0. The van der Waals surface area contributed by atoms with E-state index < -0.39 is 29.8 Å². The Morgan fingerprint density at radius 2 is 2.00 bits per heavy atom. The van der Waals surface area contributed by atoms with Gasteiger partial charge in [-0.25, -0.2) is 9.59 Å². The van der Waals surface area contributed by atoms with E-state index in [-0.39, 0.29) is 6.61 Å². The second-order valence-corrected chi connectivity index (χ2v) is 4.09. The Bertz CT molecular complexity index is 341. The number of amides is 2. The van der Waals surface area contributed by atoms with Crippen molar-refractivity contribution in [3.8, 4) is 0 Å². The summed E-state index contributed by atoms with van der Waals surface area (Å²) in [5, 5.41) is 12.2. The van der Waals surface area contributed by atoms with Crippen LogP contribution in [0.2, 0.25) is 0 Å². The quantitative estimate of drug-likeness (QED) is 0.696. The second kappa shape index (κ2) is 5.01. The molecular weight excluding hydrogens is 257 g/mol. The normalized spacial score (nSPS) is 23.2. The van der Waals surface area contributed by atoms with Gasteiger partial charge in [-0.2, -0.15) is 13.2 Å². The molecule has 0 bridgehead atoms. The fourth-order valence-corrected chi connectivity index (χ4v) is 1.34. The molecule has 0 aromatic heterocycles. The highest BCUT2D eigenvalue weighted by Gasteiger charge is 2.58. The Labute approximate surface area is 100 Å². The predicted octanol–water partition coefficient (Wildman–Crippen LogP) is 0.480. The third kappa shape index (κ3) is 3.03. The molecule has 1 aliphatic rings. The van der Waals surface area contributed by atoms with Gasteiger partial charge in [-0.05, 0) is 13.3 Å². The lowest BCUT2D eigenvalue weighted by molar-refractivity contribution is -0.203. The number of carbonyl (C=O) groups excluding carboxylic acids is 1. The Morgan fingerprint density at radius 3 is 2.39 bits per heavy atom. The number of rotatable bonds is 3. The number of hydrogen-bond acceptors (Lipinski definition) is 3. The highest BCUT2D eigenvalue weighted by molar-refractivity contribution is 5.86. The third-order valence-corrected chi connectivity index (χ3v) is 2.62. The van der Waals surface area contributed by atoms with Crippen LogP contribution in [0.15, 0.2) is 0 Å². The van der Waals surface area contributed by atoms with Gasteiger partial charge in [0.1, 0.15) is 0 Å². The first kappa shape index (κ1) is 14.6. The number of urea groups is 1. The van der Waals surface area contributed by atoms with Crippen molar-refractivity contribution in [2.75, 3.05) is 13.2 Å². The average molecular weight is 270 g/mol. The van der Waals surface area contributed by atoms with Crippen LogP contribution in [0.1, 0.15) is 13.3 Å². The summed E-state index contributed by atoms with van der Waals surface area (Å²) >= 11 is 0. The molecule has 2 amide bonds. The van der Waals surface area contributed by atoms with Crippen LogP contribution in [0.5, 0.6) is 0 Å². The molecule has 0 aromatic carbocycles. The number of carboxylic acid groups (broad SMARTS) is 1. The summed E-state index contributed by atoms with van der Waals surface area (Å²) in [7, 11) is 0. The molecule has 0 aromatic rings. The van der Waals surface area contributed by atoms with Gasteiger partial charge >= 0.3 is 18.2 Å². The Hall–Kier alpha value is -1.51. The smallest absolute Gasteiger partial charge is 0.422 e. The molecular formula is C9H13F3N2O4. The monoisotopic (exact) mass is 270 g/mol. The van der Waals surface area contributed by atoms with Crippen molar-refractivity contribution >= 4 is 12.0 Å².